The van der Waals surface area contributed by atoms with E-state index >= 15 is 0 Å². The Morgan fingerprint density at radius 1 is 1.06 bits per heavy atom. The number of halogens is 2. The molecule has 0 spiro atoms. The highest BCUT2D eigenvalue weighted by Gasteiger charge is 2.32. The van der Waals surface area contributed by atoms with Gasteiger partial charge in [-0.25, -0.2) is 8.42 Å². The molecule has 0 aliphatic rings. The van der Waals surface area contributed by atoms with Crippen molar-refractivity contribution in [2.24, 2.45) is 0 Å². The van der Waals surface area contributed by atoms with Crippen LogP contribution in [0, 0.1) is 0 Å². The van der Waals surface area contributed by atoms with Crippen molar-refractivity contribution in [3.05, 3.63) is 64.1 Å². The molecule has 1 unspecified atom stereocenters. The maximum absolute atomic E-state index is 13.5. The first kappa shape index (κ1) is 27.0. The molecule has 0 aromatic heterocycles. The van der Waals surface area contributed by atoms with Gasteiger partial charge in [0.15, 0.2) is 0 Å². The normalized spacial score (nSPS) is 12.3. The van der Waals surface area contributed by atoms with Gasteiger partial charge in [-0.2, -0.15) is 0 Å². The Bertz CT molecular complexity index is 1080. The molecule has 33 heavy (non-hydrogen) atoms. The number of nitrogens with zero attached hydrogens (tertiary/aromatic N) is 2. The SMILES string of the molecule is CCC(C(=O)NC(C)C)N(Cc1ccccc1)C(=O)CN(c1ccc(Cl)cc1Cl)S(C)(=O)=O. The van der Waals surface area contributed by atoms with E-state index in [1.807, 2.05) is 44.2 Å². The van der Waals surface area contributed by atoms with Crippen LogP contribution in [-0.2, 0) is 26.2 Å². The molecule has 0 aliphatic carbocycles. The molecule has 0 saturated carbocycles. The number of rotatable bonds is 10. The van der Waals surface area contributed by atoms with E-state index in [0.29, 0.717) is 11.4 Å². The van der Waals surface area contributed by atoms with Gasteiger partial charge >= 0.3 is 0 Å². The summed E-state index contributed by atoms with van der Waals surface area (Å²) in [7, 11) is -3.87. The zero-order valence-corrected chi connectivity index (χ0v) is 21.4. The fraction of sp³-hybridized carbons (Fsp3) is 0.391. The van der Waals surface area contributed by atoms with Crippen LogP contribution in [0.5, 0.6) is 0 Å². The lowest BCUT2D eigenvalue weighted by Crippen LogP contribution is -2.53. The Hall–Kier alpha value is -2.29. The van der Waals surface area contributed by atoms with Crippen LogP contribution in [0.25, 0.3) is 0 Å². The molecule has 0 saturated heterocycles. The summed E-state index contributed by atoms with van der Waals surface area (Å²) in [6.45, 7) is 5.11. The van der Waals surface area contributed by atoms with Crippen LogP contribution in [0.15, 0.2) is 48.5 Å². The van der Waals surface area contributed by atoms with E-state index in [2.05, 4.69) is 5.32 Å². The summed E-state index contributed by atoms with van der Waals surface area (Å²) in [4.78, 5) is 27.8. The van der Waals surface area contributed by atoms with Crippen LogP contribution in [0.2, 0.25) is 10.0 Å². The summed E-state index contributed by atoms with van der Waals surface area (Å²) in [6.07, 6.45) is 1.35. The Balaban J connectivity index is 2.45. The van der Waals surface area contributed by atoms with Crippen LogP contribution in [0.1, 0.15) is 32.8 Å². The van der Waals surface area contributed by atoms with Gasteiger partial charge in [-0.1, -0.05) is 60.5 Å². The number of nitrogens with one attached hydrogen (secondary N) is 1. The Morgan fingerprint density at radius 3 is 2.21 bits per heavy atom. The number of hydrogen-bond donors (Lipinski definition) is 1. The molecule has 1 N–H and O–H groups in total. The minimum atomic E-state index is -3.87. The van der Waals surface area contributed by atoms with Crippen LogP contribution in [0.3, 0.4) is 0 Å². The van der Waals surface area contributed by atoms with E-state index in [-0.39, 0.29) is 29.2 Å². The topological polar surface area (TPSA) is 86.8 Å². The number of carbonyl (C=O) groups excluding carboxylic acids is 2. The summed E-state index contributed by atoms with van der Waals surface area (Å²) in [6, 6.07) is 12.7. The predicted octanol–water partition coefficient (Wildman–Crippen LogP) is 4.09. The van der Waals surface area contributed by atoms with E-state index in [0.717, 1.165) is 16.1 Å². The lowest BCUT2D eigenvalue weighted by molar-refractivity contribution is -0.140. The molecule has 2 aromatic carbocycles. The van der Waals surface area contributed by atoms with Crippen molar-refractivity contribution in [3.63, 3.8) is 0 Å². The number of hydrogen-bond acceptors (Lipinski definition) is 4. The number of benzene rings is 2. The molecule has 10 heteroatoms. The first-order valence-corrected chi connectivity index (χ1v) is 13.1. The van der Waals surface area contributed by atoms with Crippen molar-refractivity contribution >= 4 is 50.7 Å². The van der Waals surface area contributed by atoms with Crippen LogP contribution >= 0.6 is 23.2 Å². The van der Waals surface area contributed by atoms with Crippen LogP contribution < -0.4 is 9.62 Å². The summed E-state index contributed by atoms with van der Waals surface area (Å²) >= 11 is 12.2. The molecule has 7 nitrogen and oxygen atoms in total. The zero-order chi connectivity index (χ0) is 24.8. The summed E-state index contributed by atoms with van der Waals surface area (Å²) < 4.78 is 26.1. The monoisotopic (exact) mass is 513 g/mol. The zero-order valence-electron chi connectivity index (χ0n) is 19.1. The molecule has 2 amide bonds. The van der Waals surface area contributed by atoms with Crippen molar-refractivity contribution < 1.29 is 18.0 Å². The van der Waals surface area contributed by atoms with Crippen molar-refractivity contribution in [3.8, 4) is 0 Å². The number of carbonyl (C=O) groups is 2. The van der Waals surface area contributed by atoms with Crippen LogP contribution in [0.4, 0.5) is 5.69 Å². The second kappa shape index (κ2) is 11.7. The fourth-order valence-corrected chi connectivity index (χ4v) is 4.78. The van der Waals surface area contributed by atoms with Gasteiger partial charge in [0.25, 0.3) is 0 Å². The van der Waals surface area contributed by atoms with Gasteiger partial charge in [0.1, 0.15) is 12.6 Å². The van der Waals surface area contributed by atoms with E-state index in [4.69, 9.17) is 23.2 Å². The molecule has 0 heterocycles. The van der Waals surface area contributed by atoms with E-state index in [9.17, 15) is 18.0 Å². The standard InChI is InChI=1S/C23H29Cl2N3O4S/c1-5-20(23(30)26-16(2)3)27(14-17-9-7-6-8-10-17)22(29)15-28(33(4,31)32)21-12-11-18(24)13-19(21)25/h6-13,16,20H,5,14-15H2,1-4H3,(H,26,30). The Labute approximate surface area is 205 Å². The minimum Gasteiger partial charge on any atom is -0.352 e. The highest BCUT2D eigenvalue weighted by Crippen LogP contribution is 2.30. The first-order valence-electron chi connectivity index (χ1n) is 10.5. The second-order valence-corrected chi connectivity index (χ2v) is 10.7. The molecule has 0 fully saturated rings. The highest BCUT2D eigenvalue weighted by atomic mass is 35.5. The number of anilines is 1. The third-order valence-electron chi connectivity index (χ3n) is 4.87. The molecule has 2 rings (SSSR count). The average molecular weight is 514 g/mol. The third-order valence-corrected chi connectivity index (χ3v) is 6.53. The fourth-order valence-electron chi connectivity index (χ4n) is 3.36. The van der Waals surface area contributed by atoms with Crippen molar-refractivity contribution in [1.82, 2.24) is 10.2 Å². The van der Waals surface area contributed by atoms with E-state index < -0.39 is 28.5 Å². The average Bonchev–Trinajstić information content (AvgIpc) is 2.71. The Kier molecular flexibility index (Phi) is 9.57. The molecule has 0 aliphatic heterocycles. The summed E-state index contributed by atoms with van der Waals surface area (Å²) in [5.41, 5.74) is 0.952. The van der Waals surface area contributed by atoms with Gasteiger partial charge in [0.2, 0.25) is 21.8 Å². The van der Waals surface area contributed by atoms with Crippen molar-refractivity contribution in [1.29, 1.82) is 0 Å². The quantitative estimate of drug-likeness (QED) is 0.518. The lowest BCUT2D eigenvalue weighted by atomic mass is 10.1. The maximum Gasteiger partial charge on any atom is 0.244 e. The van der Waals surface area contributed by atoms with Crippen molar-refractivity contribution in [2.45, 2.75) is 45.8 Å². The van der Waals surface area contributed by atoms with Gasteiger partial charge in [0.05, 0.1) is 17.0 Å². The molecular formula is C23H29Cl2N3O4S. The molecule has 1 atom stereocenters. The highest BCUT2D eigenvalue weighted by molar-refractivity contribution is 7.92. The largest absolute Gasteiger partial charge is 0.352 e. The van der Waals surface area contributed by atoms with Gasteiger partial charge < -0.3 is 10.2 Å². The summed E-state index contributed by atoms with van der Waals surface area (Å²) in [5.74, 6) is -0.826. The molecular weight excluding hydrogens is 485 g/mol. The first-order chi connectivity index (χ1) is 15.4. The summed E-state index contributed by atoms with van der Waals surface area (Å²) in [5, 5.41) is 3.28. The van der Waals surface area contributed by atoms with Gasteiger partial charge in [-0.15, -0.1) is 0 Å². The molecule has 180 valence electrons. The van der Waals surface area contributed by atoms with Crippen molar-refractivity contribution in [2.75, 3.05) is 17.1 Å². The maximum atomic E-state index is 13.5. The van der Waals surface area contributed by atoms with Gasteiger partial charge in [0, 0.05) is 17.6 Å². The van der Waals surface area contributed by atoms with Gasteiger partial charge in [-0.05, 0) is 44.0 Å². The lowest BCUT2D eigenvalue weighted by Gasteiger charge is -2.33. The molecule has 0 radical (unpaired) electrons. The van der Waals surface area contributed by atoms with E-state index in [1.54, 1.807) is 6.92 Å². The third kappa shape index (κ3) is 7.62. The molecule has 0 bridgehead atoms. The smallest absolute Gasteiger partial charge is 0.244 e. The number of amides is 2. The molecule has 2 aromatic rings. The Morgan fingerprint density at radius 2 is 1.70 bits per heavy atom. The number of sulfonamides is 1. The second-order valence-electron chi connectivity index (χ2n) is 7.96. The van der Waals surface area contributed by atoms with Crippen LogP contribution in [-0.4, -0.2) is 50.0 Å². The predicted molar refractivity (Wildman–Crippen MR) is 133 cm³/mol. The van der Waals surface area contributed by atoms with Gasteiger partial charge in [-0.3, -0.25) is 13.9 Å². The minimum absolute atomic E-state index is 0.0972. The van der Waals surface area contributed by atoms with E-state index in [1.165, 1.54) is 23.1 Å².